The SMILES string of the molecule is CCCN1CCOC(c2nc3c(s2)C(NCC)CCC3)C1. The molecule has 3 rings (SSSR count). The van der Waals surface area contributed by atoms with Gasteiger partial charge in [-0.1, -0.05) is 13.8 Å². The van der Waals surface area contributed by atoms with Gasteiger partial charge >= 0.3 is 0 Å². The molecule has 1 fully saturated rings. The van der Waals surface area contributed by atoms with E-state index in [1.807, 2.05) is 11.3 Å². The van der Waals surface area contributed by atoms with E-state index in [9.17, 15) is 0 Å². The molecule has 0 saturated carbocycles. The van der Waals surface area contributed by atoms with Crippen LogP contribution in [0, 0.1) is 0 Å². The number of aryl methyl sites for hydroxylation is 1. The molecule has 1 aliphatic heterocycles. The molecular weight excluding hydrogens is 282 g/mol. The van der Waals surface area contributed by atoms with Crippen molar-refractivity contribution in [1.29, 1.82) is 0 Å². The van der Waals surface area contributed by atoms with Gasteiger partial charge in [0.25, 0.3) is 0 Å². The molecular formula is C16H27N3OS. The zero-order valence-corrected chi connectivity index (χ0v) is 14.0. The molecule has 1 aromatic heterocycles. The Morgan fingerprint density at radius 2 is 2.33 bits per heavy atom. The van der Waals surface area contributed by atoms with Crippen molar-refractivity contribution >= 4 is 11.3 Å². The van der Waals surface area contributed by atoms with Crippen molar-refractivity contribution in [3.8, 4) is 0 Å². The molecule has 0 radical (unpaired) electrons. The number of fused-ring (bicyclic) bond motifs is 1. The monoisotopic (exact) mass is 309 g/mol. The molecule has 1 N–H and O–H groups in total. The minimum Gasteiger partial charge on any atom is -0.368 e. The van der Waals surface area contributed by atoms with Crippen LogP contribution in [0.3, 0.4) is 0 Å². The third kappa shape index (κ3) is 3.47. The van der Waals surface area contributed by atoms with Gasteiger partial charge in [-0.3, -0.25) is 4.90 Å². The van der Waals surface area contributed by atoms with Crippen LogP contribution >= 0.6 is 11.3 Å². The summed E-state index contributed by atoms with van der Waals surface area (Å²) < 4.78 is 6.00. The molecule has 0 amide bonds. The Morgan fingerprint density at radius 3 is 3.14 bits per heavy atom. The molecule has 118 valence electrons. The average molecular weight is 309 g/mol. The van der Waals surface area contributed by atoms with Crippen molar-refractivity contribution in [3.63, 3.8) is 0 Å². The van der Waals surface area contributed by atoms with Gasteiger partial charge in [-0.15, -0.1) is 11.3 Å². The van der Waals surface area contributed by atoms with Gasteiger partial charge in [0.2, 0.25) is 0 Å². The number of ether oxygens (including phenoxy) is 1. The number of nitrogens with zero attached hydrogens (tertiary/aromatic N) is 2. The van der Waals surface area contributed by atoms with E-state index >= 15 is 0 Å². The van der Waals surface area contributed by atoms with Crippen molar-refractivity contribution < 1.29 is 4.74 Å². The molecule has 2 unspecified atom stereocenters. The van der Waals surface area contributed by atoms with Gasteiger partial charge < -0.3 is 10.1 Å². The first-order chi connectivity index (χ1) is 10.3. The zero-order chi connectivity index (χ0) is 14.7. The lowest BCUT2D eigenvalue weighted by molar-refractivity contribution is -0.0299. The highest BCUT2D eigenvalue weighted by Gasteiger charge is 2.29. The Bertz CT molecular complexity index is 460. The summed E-state index contributed by atoms with van der Waals surface area (Å²) in [6.45, 7) is 9.54. The lowest BCUT2D eigenvalue weighted by atomic mass is 9.98. The van der Waals surface area contributed by atoms with Crippen LogP contribution in [-0.4, -0.2) is 42.7 Å². The Morgan fingerprint density at radius 1 is 1.43 bits per heavy atom. The second kappa shape index (κ2) is 7.18. The molecule has 1 saturated heterocycles. The maximum absolute atomic E-state index is 6.00. The van der Waals surface area contributed by atoms with E-state index in [0.717, 1.165) is 32.7 Å². The van der Waals surface area contributed by atoms with E-state index < -0.39 is 0 Å². The van der Waals surface area contributed by atoms with Crippen LogP contribution in [0.25, 0.3) is 0 Å². The predicted molar refractivity (Wildman–Crippen MR) is 86.9 cm³/mol. The van der Waals surface area contributed by atoms with Gasteiger partial charge in [0, 0.05) is 24.0 Å². The van der Waals surface area contributed by atoms with Crippen molar-refractivity contribution in [3.05, 3.63) is 15.6 Å². The van der Waals surface area contributed by atoms with Gasteiger partial charge in [0.1, 0.15) is 11.1 Å². The Hall–Kier alpha value is -0.490. The lowest BCUT2D eigenvalue weighted by Crippen LogP contribution is -2.38. The maximum atomic E-state index is 6.00. The number of morpholine rings is 1. The number of aromatic nitrogens is 1. The van der Waals surface area contributed by atoms with Crippen molar-refractivity contribution in [2.75, 3.05) is 32.8 Å². The van der Waals surface area contributed by atoms with Gasteiger partial charge in [-0.25, -0.2) is 4.98 Å². The summed E-state index contributed by atoms with van der Waals surface area (Å²) in [7, 11) is 0. The minimum atomic E-state index is 0.183. The van der Waals surface area contributed by atoms with E-state index in [1.165, 1.54) is 41.4 Å². The molecule has 2 atom stereocenters. The molecule has 1 aliphatic carbocycles. The van der Waals surface area contributed by atoms with E-state index in [1.54, 1.807) is 0 Å². The van der Waals surface area contributed by atoms with E-state index in [2.05, 4.69) is 24.1 Å². The Balaban J connectivity index is 1.74. The van der Waals surface area contributed by atoms with Crippen LogP contribution in [0.15, 0.2) is 0 Å². The first kappa shape index (κ1) is 15.4. The van der Waals surface area contributed by atoms with Crippen molar-refractivity contribution in [2.24, 2.45) is 0 Å². The van der Waals surface area contributed by atoms with Gasteiger partial charge in [-0.05, 0) is 38.8 Å². The summed E-state index contributed by atoms with van der Waals surface area (Å²) in [5.41, 5.74) is 1.32. The number of hydrogen-bond acceptors (Lipinski definition) is 5. The standard InChI is InChI=1S/C16H27N3OS/c1-3-8-19-9-10-20-14(11-19)16-18-13-7-5-6-12(17-4-2)15(13)21-16/h12,14,17H,3-11H2,1-2H3. The highest BCUT2D eigenvalue weighted by atomic mass is 32.1. The predicted octanol–water partition coefficient (Wildman–Crippen LogP) is 2.91. The minimum absolute atomic E-state index is 0.183. The number of thiazole rings is 1. The van der Waals surface area contributed by atoms with Gasteiger partial charge in [0.05, 0.1) is 12.3 Å². The second-order valence-corrected chi connectivity index (χ2v) is 7.09. The highest BCUT2D eigenvalue weighted by molar-refractivity contribution is 7.11. The largest absolute Gasteiger partial charge is 0.368 e. The van der Waals surface area contributed by atoms with Crippen LogP contribution in [0.2, 0.25) is 0 Å². The van der Waals surface area contributed by atoms with E-state index in [0.29, 0.717) is 6.04 Å². The Labute approximate surface area is 131 Å². The van der Waals surface area contributed by atoms with E-state index in [4.69, 9.17) is 9.72 Å². The highest BCUT2D eigenvalue weighted by Crippen LogP contribution is 2.37. The topological polar surface area (TPSA) is 37.4 Å². The quantitative estimate of drug-likeness (QED) is 0.907. The fourth-order valence-electron chi connectivity index (χ4n) is 3.39. The third-order valence-electron chi connectivity index (χ3n) is 4.38. The summed E-state index contributed by atoms with van der Waals surface area (Å²) in [6, 6.07) is 0.514. The molecule has 0 bridgehead atoms. The summed E-state index contributed by atoms with van der Waals surface area (Å²) in [5.74, 6) is 0. The average Bonchev–Trinajstić information content (AvgIpc) is 2.93. The molecule has 1 aromatic rings. The summed E-state index contributed by atoms with van der Waals surface area (Å²) in [6.07, 6.45) is 5.03. The summed E-state index contributed by atoms with van der Waals surface area (Å²) in [4.78, 5) is 8.91. The molecule has 5 heteroatoms. The number of nitrogens with one attached hydrogen (secondary N) is 1. The molecule has 21 heavy (non-hydrogen) atoms. The molecule has 0 spiro atoms. The van der Waals surface area contributed by atoms with Crippen LogP contribution in [0.1, 0.15) is 60.8 Å². The number of hydrogen-bond donors (Lipinski definition) is 1. The third-order valence-corrected chi connectivity index (χ3v) is 5.69. The van der Waals surface area contributed by atoms with Gasteiger partial charge in [-0.2, -0.15) is 0 Å². The smallest absolute Gasteiger partial charge is 0.123 e. The molecule has 0 aromatic carbocycles. The maximum Gasteiger partial charge on any atom is 0.123 e. The van der Waals surface area contributed by atoms with Crippen LogP contribution < -0.4 is 5.32 Å². The lowest BCUT2D eigenvalue weighted by Gasteiger charge is -2.31. The normalized spacial score (nSPS) is 26.8. The summed E-state index contributed by atoms with van der Waals surface area (Å²) >= 11 is 1.88. The van der Waals surface area contributed by atoms with E-state index in [-0.39, 0.29) is 6.10 Å². The van der Waals surface area contributed by atoms with Crippen molar-refractivity contribution in [2.45, 2.75) is 51.7 Å². The van der Waals surface area contributed by atoms with Crippen LogP contribution in [-0.2, 0) is 11.2 Å². The second-order valence-electron chi connectivity index (χ2n) is 6.03. The fraction of sp³-hybridized carbons (Fsp3) is 0.812. The van der Waals surface area contributed by atoms with Crippen molar-refractivity contribution in [1.82, 2.24) is 15.2 Å². The molecule has 2 aliphatic rings. The molecule has 4 nitrogen and oxygen atoms in total. The first-order valence-corrected chi connectivity index (χ1v) is 9.20. The summed E-state index contributed by atoms with van der Waals surface area (Å²) in [5, 5.41) is 4.80. The first-order valence-electron chi connectivity index (χ1n) is 8.38. The number of rotatable bonds is 5. The van der Waals surface area contributed by atoms with Crippen LogP contribution in [0.4, 0.5) is 0 Å². The molecule has 2 heterocycles. The van der Waals surface area contributed by atoms with Gasteiger partial charge in [0.15, 0.2) is 0 Å². The van der Waals surface area contributed by atoms with Crippen LogP contribution in [0.5, 0.6) is 0 Å². The fourth-order valence-corrected chi connectivity index (χ4v) is 4.65. The Kier molecular flexibility index (Phi) is 5.27. The zero-order valence-electron chi connectivity index (χ0n) is 13.2.